The predicted molar refractivity (Wildman–Crippen MR) is 148 cm³/mol. The highest BCUT2D eigenvalue weighted by molar-refractivity contribution is 6.20. The van der Waals surface area contributed by atoms with Gasteiger partial charge in [-0.2, -0.15) is 0 Å². The predicted octanol–water partition coefficient (Wildman–Crippen LogP) is 4.59. The molecule has 2 heterocycles. The number of carbonyl (C=O) groups is 4. The zero-order chi connectivity index (χ0) is 28.4. The first-order valence-corrected chi connectivity index (χ1v) is 12.6. The number of rotatable bonds is 8. The third-order valence-corrected chi connectivity index (χ3v) is 6.67. The molecule has 5 rings (SSSR count). The molecule has 0 aliphatic carbocycles. The van der Waals surface area contributed by atoms with E-state index < -0.39 is 17.7 Å². The summed E-state index contributed by atoms with van der Waals surface area (Å²) in [6, 6.07) is 16.2. The Hall–Kier alpha value is -5.18. The highest BCUT2D eigenvalue weighted by Gasteiger charge is 2.26. The molecule has 0 radical (unpaired) electrons. The maximum atomic E-state index is 13.5. The minimum Gasteiger partial charge on any atom is -0.488 e. The lowest BCUT2D eigenvalue weighted by Gasteiger charge is -2.11. The number of nitrogens with zero attached hydrogens (tertiary/aromatic N) is 1. The number of ketones is 2. The standard InChI is InChI=1S/C31H26N2O7/c1-4-27(35)38-16-14-33-25-11-9-20(29(36)21-8-6-5-7-18(21)2)17-23(25)28-26(33)12-10-22-30(37)24(32-40-19(3)34)13-15-39-31(22)28/h4-13,17,32H,1,14-16H2,2-3H3. The molecule has 0 bridgehead atoms. The topological polar surface area (TPSA) is 113 Å². The molecule has 1 N–H and O–H groups in total. The number of hydroxylamine groups is 1. The van der Waals surface area contributed by atoms with E-state index in [-0.39, 0.29) is 30.3 Å². The lowest BCUT2D eigenvalue weighted by molar-refractivity contribution is -0.146. The van der Waals surface area contributed by atoms with Gasteiger partial charge in [-0.1, -0.05) is 30.8 Å². The lowest BCUT2D eigenvalue weighted by atomic mass is 9.97. The molecule has 9 nitrogen and oxygen atoms in total. The Labute approximate surface area is 229 Å². The highest BCUT2D eigenvalue weighted by atomic mass is 16.7. The van der Waals surface area contributed by atoms with Crippen LogP contribution in [0.1, 0.15) is 38.8 Å². The summed E-state index contributed by atoms with van der Waals surface area (Å²) >= 11 is 0. The van der Waals surface area contributed by atoms with Crippen LogP contribution < -0.4 is 10.2 Å². The number of hydrogen-bond donors (Lipinski definition) is 1. The number of aromatic nitrogens is 1. The first-order valence-electron chi connectivity index (χ1n) is 12.6. The molecule has 0 amide bonds. The summed E-state index contributed by atoms with van der Waals surface area (Å²) in [5.74, 6) is -1.34. The van der Waals surface area contributed by atoms with E-state index in [4.69, 9.17) is 14.3 Å². The molecule has 0 spiro atoms. The quantitative estimate of drug-likeness (QED) is 0.150. The van der Waals surface area contributed by atoms with Crippen LogP contribution in [-0.4, -0.2) is 41.3 Å². The fourth-order valence-corrected chi connectivity index (χ4v) is 4.81. The molecule has 0 unspecified atom stereocenters. The SMILES string of the molecule is C=CC(=O)OCCn1c2ccc(C(=O)c3ccccc3C)cc2c2c3c(ccc21)C(=O)C(NOC(C)=O)=CCO3. The molecule has 9 heteroatoms. The first kappa shape index (κ1) is 26.4. The summed E-state index contributed by atoms with van der Waals surface area (Å²) in [6.07, 6.45) is 2.60. The van der Waals surface area contributed by atoms with Gasteiger partial charge < -0.3 is 18.9 Å². The minimum atomic E-state index is -0.597. The van der Waals surface area contributed by atoms with Crippen LogP contribution in [-0.2, 0) is 25.7 Å². The Morgan fingerprint density at radius 1 is 1.10 bits per heavy atom. The van der Waals surface area contributed by atoms with Gasteiger partial charge in [-0.25, -0.2) is 10.3 Å². The van der Waals surface area contributed by atoms with Gasteiger partial charge in [-0.15, -0.1) is 0 Å². The molecule has 3 aromatic carbocycles. The Bertz CT molecular complexity index is 1750. The van der Waals surface area contributed by atoms with E-state index in [1.54, 1.807) is 30.3 Å². The molecule has 0 saturated carbocycles. The zero-order valence-corrected chi connectivity index (χ0v) is 22.0. The molecule has 0 atom stereocenters. The molecule has 4 aromatic rings. The van der Waals surface area contributed by atoms with Crippen LogP contribution in [0.3, 0.4) is 0 Å². The van der Waals surface area contributed by atoms with Crippen LogP contribution in [0.25, 0.3) is 21.8 Å². The third-order valence-electron chi connectivity index (χ3n) is 6.67. The zero-order valence-electron chi connectivity index (χ0n) is 22.0. The molecular formula is C31H26N2O7. The van der Waals surface area contributed by atoms with Crippen LogP contribution in [0, 0.1) is 6.92 Å². The van der Waals surface area contributed by atoms with Crippen LogP contribution in [0.5, 0.6) is 5.75 Å². The molecule has 1 aromatic heterocycles. The number of benzene rings is 3. The van der Waals surface area contributed by atoms with Gasteiger partial charge in [-0.05, 0) is 48.9 Å². The fourth-order valence-electron chi connectivity index (χ4n) is 4.81. The van der Waals surface area contributed by atoms with Crippen molar-refractivity contribution in [3.8, 4) is 5.75 Å². The largest absolute Gasteiger partial charge is 0.488 e. The monoisotopic (exact) mass is 538 g/mol. The summed E-state index contributed by atoms with van der Waals surface area (Å²) in [4.78, 5) is 54.6. The Morgan fingerprint density at radius 3 is 2.62 bits per heavy atom. The van der Waals surface area contributed by atoms with Crippen molar-refractivity contribution in [2.45, 2.75) is 20.4 Å². The van der Waals surface area contributed by atoms with Gasteiger partial charge in [0.25, 0.3) is 0 Å². The van der Waals surface area contributed by atoms with Crippen molar-refractivity contribution in [1.82, 2.24) is 10.0 Å². The second-order valence-electron chi connectivity index (χ2n) is 9.19. The average molecular weight is 539 g/mol. The summed E-state index contributed by atoms with van der Waals surface area (Å²) in [5.41, 5.74) is 6.18. The highest BCUT2D eigenvalue weighted by Crippen LogP contribution is 2.40. The van der Waals surface area contributed by atoms with Crippen molar-refractivity contribution in [1.29, 1.82) is 0 Å². The van der Waals surface area contributed by atoms with Crippen molar-refractivity contribution >= 4 is 45.3 Å². The number of allylic oxidation sites excluding steroid dienone is 1. The summed E-state index contributed by atoms with van der Waals surface area (Å²) in [5, 5.41) is 1.34. The van der Waals surface area contributed by atoms with Gasteiger partial charge in [0, 0.05) is 35.0 Å². The normalized spacial score (nSPS) is 12.7. The minimum absolute atomic E-state index is 0.0346. The van der Waals surface area contributed by atoms with Crippen LogP contribution >= 0.6 is 0 Å². The van der Waals surface area contributed by atoms with Crippen molar-refractivity contribution in [2.24, 2.45) is 0 Å². The van der Waals surface area contributed by atoms with Crippen LogP contribution in [0.2, 0.25) is 0 Å². The van der Waals surface area contributed by atoms with E-state index in [9.17, 15) is 19.2 Å². The number of carbonyl (C=O) groups excluding carboxylic acids is 4. The smallest absolute Gasteiger partial charge is 0.330 e. The van der Waals surface area contributed by atoms with Gasteiger partial charge in [0.05, 0.1) is 23.0 Å². The first-order chi connectivity index (χ1) is 19.3. The summed E-state index contributed by atoms with van der Waals surface area (Å²) in [7, 11) is 0. The average Bonchev–Trinajstić information content (AvgIpc) is 3.17. The summed E-state index contributed by atoms with van der Waals surface area (Å²) in [6.45, 7) is 6.97. The van der Waals surface area contributed by atoms with Gasteiger partial charge in [0.1, 0.15) is 24.7 Å². The molecule has 1 aliphatic rings. The molecule has 0 fully saturated rings. The number of hydrogen-bond acceptors (Lipinski definition) is 8. The van der Waals surface area contributed by atoms with E-state index in [1.807, 2.05) is 35.8 Å². The lowest BCUT2D eigenvalue weighted by Crippen LogP contribution is -2.23. The number of esters is 1. The number of nitrogens with one attached hydrogen (secondary N) is 1. The number of Topliss-reactive ketones (excluding diaryl/α,β-unsaturated/α-hetero) is 1. The Kier molecular flexibility index (Phi) is 7.20. The number of ether oxygens (including phenoxy) is 2. The molecule has 1 aliphatic heterocycles. The van der Waals surface area contributed by atoms with E-state index in [0.29, 0.717) is 34.2 Å². The molecular weight excluding hydrogens is 512 g/mol. The molecule has 40 heavy (non-hydrogen) atoms. The number of fused-ring (bicyclic) bond motifs is 5. The van der Waals surface area contributed by atoms with Gasteiger partial charge in [-0.3, -0.25) is 14.4 Å². The second-order valence-corrected chi connectivity index (χ2v) is 9.19. The van der Waals surface area contributed by atoms with Crippen LogP contribution in [0.4, 0.5) is 0 Å². The maximum absolute atomic E-state index is 13.5. The number of aryl methyl sites for hydroxylation is 1. The Balaban J connectivity index is 1.67. The van der Waals surface area contributed by atoms with Crippen LogP contribution in [0.15, 0.2) is 79.0 Å². The second kappa shape index (κ2) is 10.9. The van der Waals surface area contributed by atoms with Crippen molar-refractivity contribution < 1.29 is 33.5 Å². The summed E-state index contributed by atoms with van der Waals surface area (Å²) < 4.78 is 13.3. The third kappa shape index (κ3) is 4.84. The molecule has 202 valence electrons. The van der Waals surface area contributed by atoms with Crippen molar-refractivity contribution in [2.75, 3.05) is 13.2 Å². The molecule has 0 saturated heterocycles. The van der Waals surface area contributed by atoms with Crippen molar-refractivity contribution in [3.63, 3.8) is 0 Å². The van der Waals surface area contributed by atoms with Gasteiger partial charge >= 0.3 is 11.9 Å². The van der Waals surface area contributed by atoms with Gasteiger partial charge in [0.15, 0.2) is 5.78 Å². The van der Waals surface area contributed by atoms with E-state index >= 15 is 0 Å². The fraction of sp³-hybridized carbons (Fsp3) is 0.161. The van der Waals surface area contributed by atoms with Crippen molar-refractivity contribution in [3.05, 3.63) is 101 Å². The van der Waals surface area contributed by atoms with E-state index in [1.165, 1.54) is 13.0 Å². The maximum Gasteiger partial charge on any atom is 0.330 e. The van der Waals surface area contributed by atoms with E-state index in [0.717, 1.165) is 22.7 Å². The Morgan fingerprint density at radius 2 is 1.88 bits per heavy atom. The van der Waals surface area contributed by atoms with E-state index in [2.05, 4.69) is 12.1 Å². The van der Waals surface area contributed by atoms with Gasteiger partial charge in [0.2, 0.25) is 5.78 Å².